The minimum absolute atomic E-state index is 0.306. The van der Waals surface area contributed by atoms with Crippen LogP contribution in [0.2, 0.25) is 0 Å². The largest absolute Gasteiger partial charge is 0.352 e. The first kappa shape index (κ1) is 15.0. The molecular formula is C12H16FN3O3. The first-order valence-corrected chi connectivity index (χ1v) is 5.99. The predicted octanol–water partition coefficient (Wildman–Crippen LogP) is 1.46. The Morgan fingerprint density at radius 2 is 2.16 bits per heavy atom. The van der Waals surface area contributed by atoms with Gasteiger partial charge in [0.05, 0.1) is 10.5 Å². The van der Waals surface area contributed by atoms with Crippen molar-refractivity contribution in [1.82, 2.24) is 10.6 Å². The second-order valence-electron chi connectivity index (χ2n) is 3.88. The second kappa shape index (κ2) is 7.42. The van der Waals surface area contributed by atoms with Crippen molar-refractivity contribution in [1.29, 1.82) is 0 Å². The van der Waals surface area contributed by atoms with Crippen LogP contribution in [-0.4, -0.2) is 30.5 Å². The van der Waals surface area contributed by atoms with Crippen LogP contribution in [0.15, 0.2) is 18.2 Å². The Kier molecular flexibility index (Phi) is 5.87. The number of benzene rings is 1. The molecule has 0 heterocycles. The van der Waals surface area contributed by atoms with Crippen molar-refractivity contribution in [3.63, 3.8) is 0 Å². The minimum atomic E-state index is -0.769. The van der Waals surface area contributed by atoms with E-state index in [1.54, 1.807) is 0 Å². The molecule has 0 atom stereocenters. The van der Waals surface area contributed by atoms with Crippen LogP contribution in [0.3, 0.4) is 0 Å². The van der Waals surface area contributed by atoms with Gasteiger partial charge in [-0.05, 0) is 25.6 Å². The van der Waals surface area contributed by atoms with Gasteiger partial charge in [0.25, 0.3) is 11.6 Å². The maximum Gasteiger partial charge on any atom is 0.270 e. The first-order chi connectivity index (χ1) is 9.06. The van der Waals surface area contributed by atoms with Gasteiger partial charge in [-0.3, -0.25) is 14.9 Å². The Balaban J connectivity index is 2.61. The van der Waals surface area contributed by atoms with Crippen molar-refractivity contribution < 1.29 is 14.1 Å². The van der Waals surface area contributed by atoms with Gasteiger partial charge in [0, 0.05) is 18.7 Å². The summed E-state index contributed by atoms with van der Waals surface area (Å²) in [5, 5.41) is 16.2. The van der Waals surface area contributed by atoms with E-state index in [2.05, 4.69) is 10.6 Å². The number of carbonyl (C=O) groups excluding carboxylic acids is 1. The molecule has 0 fully saturated rings. The normalized spacial score (nSPS) is 10.2. The highest BCUT2D eigenvalue weighted by Crippen LogP contribution is 2.16. The molecular weight excluding hydrogens is 253 g/mol. The molecule has 1 aromatic rings. The van der Waals surface area contributed by atoms with Crippen LogP contribution >= 0.6 is 0 Å². The summed E-state index contributed by atoms with van der Waals surface area (Å²) in [5.41, 5.74) is -0.614. The van der Waals surface area contributed by atoms with Crippen LogP contribution in [0.4, 0.5) is 10.1 Å². The fourth-order valence-electron chi connectivity index (χ4n) is 1.49. The Labute approximate surface area is 110 Å². The van der Waals surface area contributed by atoms with Crippen molar-refractivity contribution in [2.24, 2.45) is 0 Å². The van der Waals surface area contributed by atoms with Crippen LogP contribution in [0.25, 0.3) is 0 Å². The molecule has 0 radical (unpaired) electrons. The average Bonchev–Trinajstić information content (AvgIpc) is 2.38. The Morgan fingerprint density at radius 1 is 1.42 bits per heavy atom. The van der Waals surface area contributed by atoms with Crippen molar-refractivity contribution in [2.75, 3.05) is 19.6 Å². The summed E-state index contributed by atoms with van der Waals surface area (Å²) >= 11 is 0. The van der Waals surface area contributed by atoms with Gasteiger partial charge in [-0.25, -0.2) is 4.39 Å². The van der Waals surface area contributed by atoms with Gasteiger partial charge in [0.15, 0.2) is 0 Å². The molecule has 0 aromatic heterocycles. The van der Waals surface area contributed by atoms with Gasteiger partial charge < -0.3 is 10.6 Å². The second-order valence-corrected chi connectivity index (χ2v) is 3.88. The summed E-state index contributed by atoms with van der Waals surface area (Å²) in [6.45, 7) is 3.94. The van der Waals surface area contributed by atoms with E-state index in [9.17, 15) is 19.3 Å². The predicted molar refractivity (Wildman–Crippen MR) is 68.5 cm³/mol. The molecule has 0 unspecified atom stereocenters. The summed E-state index contributed by atoms with van der Waals surface area (Å²) in [6.07, 6.45) is 0.704. The molecule has 0 saturated heterocycles. The minimum Gasteiger partial charge on any atom is -0.352 e. The molecule has 1 rings (SSSR count). The molecule has 1 amide bonds. The summed E-state index contributed by atoms with van der Waals surface area (Å²) < 4.78 is 13.4. The summed E-state index contributed by atoms with van der Waals surface area (Å²) in [5.74, 6) is -1.41. The van der Waals surface area contributed by atoms with Gasteiger partial charge in [-0.2, -0.15) is 0 Å². The molecule has 0 aliphatic rings. The van der Waals surface area contributed by atoms with E-state index in [-0.39, 0.29) is 11.3 Å². The maximum atomic E-state index is 13.4. The highest BCUT2D eigenvalue weighted by Gasteiger charge is 2.16. The van der Waals surface area contributed by atoms with Gasteiger partial charge in [0.2, 0.25) is 0 Å². The molecule has 0 aliphatic heterocycles. The van der Waals surface area contributed by atoms with Gasteiger partial charge in [0.1, 0.15) is 5.82 Å². The standard InChI is InChI=1S/C12H16FN3O3/c1-2-14-6-3-7-15-12(17)10-8-9(16(18)19)4-5-11(10)13/h4-5,8,14H,2-3,6-7H2,1H3,(H,15,17). The van der Waals surface area contributed by atoms with Crippen molar-refractivity contribution >= 4 is 11.6 Å². The number of hydrogen-bond acceptors (Lipinski definition) is 4. The average molecular weight is 269 g/mol. The van der Waals surface area contributed by atoms with Crippen LogP contribution in [-0.2, 0) is 0 Å². The fourth-order valence-corrected chi connectivity index (χ4v) is 1.49. The van der Waals surface area contributed by atoms with E-state index in [0.717, 1.165) is 31.3 Å². The van der Waals surface area contributed by atoms with E-state index in [0.29, 0.717) is 13.0 Å². The van der Waals surface area contributed by atoms with Gasteiger partial charge in [-0.1, -0.05) is 6.92 Å². The number of nitrogens with zero attached hydrogens (tertiary/aromatic N) is 1. The van der Waals surface area contributed by atoms with Gasteiger partial charge >= 0.3 is 0 Å². The van der Waals surface area contributed by atoms with Gasteiger partial charge in [-0.15, -0.1) is 0 Å². The lowest BCUT2D eigenvalue weighted by Crippen LogP contribution is -2.28. The summed E-state index contributed by atoms with van der Waals surface area (Å²) in [7, 11) is 0. The molecule has 0 spiro atoms. The van der Waals surface area contributed by atoms with E-state index in [1.807, 2.05) is 6.92 Å². The molecule has 19 heavy (non-hydrogen) atoms. The molecule has 1 aromatic carbocycles. The van der Waals surface area contributed by atoms with E-state index in [4.69, 9.17) is 0 Å². The highest BCUT2D eigenvalue weighted by molar-refractivity contribution is 5.95. The number of rotatable bonds is 7. The molecule has 0 saturated carbocycles. The molecule has 104 valence electrons. The fraction of sp³-hybridized carbons (Fsp3) is 0.417. The third kappa shape index (κ3) is 4.63. The Bertz CT molecular complexity index is 466. The lowest BCUT2D eigenvalue weighted by molar-refractivity contribution is -0.384. The zero-order chi connectivity index (χ0) is 14.3. The van der Waals surface area contributed by atoms with Crippen molar-refractivity contribution in [2.45, 2.75) is 13.3 Å². The Hall–Kier alpha value is -2.02. The summed E-state index contributed by atoms with van der Waals surface area (Å²) in [6, 6.07) is 2.89. The molecule has 0 bridgehead atoms. The zero-order valence-electron chi connectivity index (χ0n) is 10.6. The van der Waals surface area contributed by atoms with Crippen molar-refractivity contribution in [3.8, 4) is 0 Å². The monoisotopic (exact) mass is 269 g/mol. The van der Waals surface area contributed by atoms with E-state index >= 15 is 0 Å². The van der Waals surface area contributed by atoms with Crippen LogP contribution in [0, 0.1) is 15.9 Å². The quantitative estimate of drug-likeness (QED) is 0.446. The smallest absolute Gasteiger partial charge is 0.270 e. The number of amides is 1. The third-order valence-electron chi connectivity index (χ3n) is 2.47. The number of halogens is 1. The van der Waals surface area contributed by atoms with Crippen LogP contribution in [0.5, 0.6) is 0 Å². The first-order valence-electron chi connectivity index (χ1n) is 5.99. The lowest BCUT2D eigenvalue weighted by Gasteiger charge is -2.06. The highest BCUT2D eigenvalue weighted by atomic mass is 19.1. The number of nitro groups is 1. The SMILES string of the molecule is CCNCCCNC(=O)c1cc([N+](=O)[O-])ccc1F. The van der Waals surface area contributed by atoms with Crippen LogP contribution in [0.1, 0.15) is 23.7 Å². The van der Waals surface area contributed by atoms with Crippen LogP contribution < -0.4 is 10.6 Å². The zero-order valence-corrected chi connectivity index (χ0v) is 10.6. The molecule has 2 N–H and O–H groups in total. The number of nitro benzene ring substituents is 1. The third-order valence-corrected chi connectivity index (χ3v) is 2.47. The van der Waals surface area contributed by atoms with E-state index in [1.165, 1.54) is 0 Å². The number of hydrogen-bond donors (Lipinski definition) is 2. The lowest BCUT2D eigenvalue weighted by atomic mass is 10.1. The molecule has 0 aliphatic carbocycles. The van der Waals surface area contributed by atoms with E-state index < -0.39 is 16.6 Å². The Morgan fingerprint density at radius 3 is 2.79 bits per heavy atom. The molecule has 6 nitrogen and oxygen atoms in total. The summed E-state index contributed by atoms with van der Waals surface area (Å²) in [4.78, 5) is 21.6. The maximum absolute atomic E-state index is 13.4. The topological polar surface area (TPSA) is 84.3 Å². The molecule has 7 heteroatoms. The number of nitrogens with one attached hydrogen (secondary N) is 2. The van der Waals surface area contributed by atoms with Crippen molar-refractivity contribution in [3.05, 3.63) is 39.7 Å². The number of carbonyl (C=O) groups is 1. The number of non-ortho nitro benzene ring substituents is 1.